The van der Waals surface area contributed by atoms with Crippen LogP contribution in [-0.2, 0) is 4.74 Å². The van der Waals surface area contributed by atoms with Gasteiger partial charge in [0.1, 0.15) is 5.82 Å². The number of anilines is 2. The standard InChI is InChI=1S/C15H21N5O/c1-20(8-9-21-10-11-6-7-11)14-12-4-2-3-5-13(12)17-15(18-14)19-16/h2-5,11H,6-10,16H2,1H3,(H,17,18,19). The van der Waals surface area contributed by atoms with Crippen molar-refractivity contribution in [3.63, 3.8) is 0 Å². The van der Waals surface area contributed by atoms with E-state index in [1.165, 1.54) is 12.8 Å². The van der Waals surface area contributed by atoms with E-state index in [-0.39, 0.29) is 0 Å². The minimum absolute atomic E-state index is 0.425. The van der Waals surface area contributed by atoms with Gasteiger partial charge in [0, 0.05) is 25.6 Å². The number of hydrogen-bond donors (Lipinski definition) is 2. The van der Waals surface area contributed by atoms with Crippen LogP contribution in [0.4, 0.5) is 11.8 Å². The molecular weight excluding hydrogens is 266 g/mol. The van der Waals surface area contributed by atoms with Crippen molar-refractivity contribution in [3.05, 3.63) is 24.3 Å². The first kappa shape index (κ1) is 14.0. The lowest BCUT2D eigenvalue weighted by Crippen LogP contribution is -2.25. The van der Waals surface area contributed by atoms with Crippen molar-refractivity contribution in [2.24, 2.45) is 11.8 Å². The predicted octanol–water partition coefficient (Wildman–Crippen LogP) is 1.78. The number of nitrogens with zero attached hydrogens (tertiary/aromatic N) is 3. The maximum absolute atomic E-state index is 5.69. The summed E-state index contributed by atoms with van der Waals surface area (Å²) in [5, 5.41) is 1.01. The SMILES string of the molecule is CN(CCOCC1CC1)c1nc(NN)nc2ccccc12. The van der Waals surface area contributed by atoms with Crippen molar-refractivity contribution in [1.82, 2.24) is 9.97 Å². The Bertz CT molecular complexity index is 614. The highest BCUT2D eigenvalue weighted by Crippen LogP contribution is 2.29. The summed E-state index contributed by atoms with van der Waals surface area (Å²) >= 11 is 0. The van der Waals surface area contributed by atoms with Crippen molar-refractivity contribution in [1.29, 1.82) is 0 Å². The van der Waals surface area contributed by atoms with Crippen LogP contribution in [0.5, 0.6) is 0 Å². The van der Waals surface area contributed by atoms with Crippen LogP contribution in [0.25, 0.3) is 10.9 Å². The van der Waals surface area contributed by atoms with Gasteiger partial charge in [0.05, 0.1) is 12.1 Å². The third-order valence-corrected chi connectivity index (χ3v) is 3.70. The normalized spacial score (nSPS) is 14.4. The smallest absolute Gasteiger partial charge is 0.239 e. The summed E-state index contributed by atoms with van der Waals surface area (Å²) in [5.41, 5.74) is 3.40. The van der Waals surface area contributed by atoms with Gasteiger partial charge in [-0.15, -0.1) is 0 Å². The van der Waals surface area contributed by atoms with Gasteiger partial charge in [-0.25, -0.2) is 10.8 Å². The zero-order chi connectivity index (χ0) is 14.7. The summed E-state index contributed by atoms with van der Waals surface area (Å²) in [4.78, 5) is 10.9. The highest BCUT2D eigenvalue weighted by atomic mass is 16.5. The number of ether oxygens (including phenoxy) is 1. The van der Waals surface area contributed by atoms with Gasteiger partial charge in [0.25, 0.3) is 0 Å². The number of aromatic nitrogens is 2. The van der Waals surface area contributed by atoms with E-state index in [1.807, 2.05) is 31.3 Å². The summed E-state index contributed by atoms with van der Waals surface area (Å²) in [6.45, 7) is 2.38. The van der Waals surface area contributed by atoms with Crippen molar-refractivity contribution < 1.29 is 4.74 Å². The Kier molecular flexibility index (Phi) is 4.17. The predicted molar refractivity (Wildman–Crippen MR) is 84.2 cm³/mol. The van der Waals surface area contributed by atoms with E-state index in [2.05, 4.69) is 20.3 Å². The first-order valence-corrected chi connectivity index (χ1v) is 7.30. The van der Waals surface area contributed by atoms with Crippen LogP contribution in [0.15, 0.2) is 24.3 Å². The van der Waals surface area contributed by atoms with E-state index in [0.29, 0.717) is 12.6 Å². The largest absolute Gasteiger partial charge is 0.379 e. The molecule has 1 heterocycles. The lowest BCUT2D eigenvalue weighted by atomic mass is 10.2. The molecule has 0 unspecified atom stereocenters. The minimum atomic E-state index is 0.425. The molecule has 0 bridgehead atoms. The quantitative estimate of drug-likeness (QED) is 0.459. The van der Waals surface area contributed by atoms with E-state index in [0.717, 1.165) is 35.8 Å². The molecule has 0 aliphatic heterocycles. The second kappa shape index (κ2) is 6.24. The molecule has 1 aliphatic carbocycles. The molecule has 2 aromatic rings. The number of hydrazine groups is 1. The molecule has 6 nitrogen and oxygen atoms in total. The Hall–Kier alpha value is -1.92. The maximum atomic E-state index is 5.69. The number of nitrogen functional groups attached to an aromatic ring is 1. The van der Waals surface area contributed by atoms with Gasteiger partial charge in [0.15, 0.2) is 0 Å². The number of benzene rings is 1. The summed E-state index contributed by atoms with van der Waals surface area (Å²) in [6.07, 6.45) is 2.63. The van der Waals surface area contributed by atoms with Crippen LogP contribution in [0.2, 0.25) is 0 Å². The number of hydrogen-bond acceptors (Lipinski definition) is 6. The minimum Gasteiger partial charge on any atom is -0.379 e. The molecule has 112 valence electrons. The number of fused-ring (bicyclic) bond motifs is 1. The van der Waals surface area contributed by atoms with Crippen LogP contribution < -0.4 is 16.2 Å². The first-order chi connectivity index (χ1) is 10.3. The van der Waals surface area contributed by atoms with E-state index in [1.54, 1.807) is 0 Å². The topological polar surface area (TPSA) is 76.3 Å². The zero-order valence-corrected chi connectivity index (χ0v) is 12.2. The Morgan fingerprint density at radius 3 is 2.90 bits per heavy atom. The van der Waals surface area contributed by atoms with E-state index >= 15 is 0 Å². The monoisotopic (exact) mass is 287 g/mol. The number of likely N-dealkylation sites (N-methyl/N-ethyl adjacent to an activating group) is 1. The molecule has 1 aromatic heterocycles. The summed E-state index contributed by atoms with van der Waals surface area (Å²) in [5.74, 6) is 7.54. The lowest BCUT2D eigenvalue weighted by Gasteiger charge is -2.20. The molecule has 0 saturated heterocycles. The second-order valence-corrected chi connectivity index (χ2v) is 5.47. The van der Waals surface area contributed by atoms with Crippen LogP contribution >= 0.6 is 0 Å². The molecule has 1 aromatic carbocycles. The van der Waals surface area contributed by atoms with Gasteiger partial charge in [-0.1, -0.05) is 12.1 Å². The van der Waals surface area contributed by atoms with Gasteiger partial charge in [-0.2, -0.15) is 4.98 Å². The van der Waals surface area contributed by atoms with Gasteiger partial charge >= 0.3 is 0 Å². The molecule has 21 heavy (non-hydrogen) atoms. The molecule has 0 spiro atoms. The molecule has 3 N–H and O–H groups in total. The highest BCUT2D eigenvalue weighted by molar-refractivity contribution is 5.90. The molecule has 3 rings (SSSR count). The second-order valence-electron chi connectivity index (χ2n) is 5.47. The number of para-hydroxylation sites is 1. The fourth-order valence-corrected chi connectivity index (χ4v) is 2.26. The molecule has 1 saturated carbocycles. The third-order valence-electron chi connectivity index (χ3n) is 3.70. The van der Waals surface area contributed by atoms with Crippen LogP contribution in [-0.4, -0.2) is 36.8 Å². The highest BCUT2D eigenvalue weighted by Gasteiger charge is 2.21. The average molecular weight is 287 g/mol. The number of nitrogens with one attached hydrogen (secondary N) is 1. The van der Waals surface area contributed by atoms with Crippen molar-refractivity contribution >= 4 is 22.7 Å². The molecule has 0 radical (unpaired) electrons. The van der Waals surface area contributed by atoms with Gasteiger partial charge < -0.3 is 9.64 Å². The molecule has 1 aliphatic rings. The molecule has 0 amide bonds. The van der Waals surface area contributed by atoms with E-state index < -0.39 is 0 Å². The van der Waals surface area contributed by atoms with Gasteiger partial charge in [0.2, 0.25) is 5.95 Å². The number of nitrogens with two attached hydrogens (primary N) is 1. The van der Waals surface area contributed by atoms with Crippen molar-refractivity contribution in [2.75, 3.05) is 37.1 Å². The number of rotatable bonds is 7. The van der Waals surface area contributed by atoms with Crippen LogP contribution in [0.3, 0.4) is 0 Å². The Balaban J connectivity index is 1.73. The Morgan fingerprint density at radius 1 is 1.33 bits per heavy atom. The molecular formula is C15H21N5O. The van der Waals surface area contributed by atoms with Gasteiger partial charge in [-0.3, -0.25) is 5.43 Å². The molecule has 1 fully saturated rings. The average Bonchev–Trinajstić information content (AvgIpc) is 3.34. The van der Waals surface area contributed by atoms with Crippen molar-refractivity contribution in [2.45, 2.75) is 12.8 Å². The zero-order valence-electron chi connectivity index (χ0n) is 12.2. The summed E-state index contributed by atoms with van der Waals surface area (Å²) < 4.78 is 5.69. The summed E-state index contributed by atoms with van der Waals surface area (Å²) in [6, 6.07) is 7.92. The summed E-state index contributed by atoms with van der Waals surface area (Å²) in [7, 11) is 2.01. The third kappa shape index (κ3) is 3.40. The maximum Gasteiger partial charge on any atom is 0.239 e. The fourth-order valence-electron chi connectivity index (χ4n) is 2.26. The molecule has 0 atom stereocenters. The first-order valence-electron chi connectivity index (χ1n) is 7.30. The fraction of sp³-hybridized carbons (Fsp3) is 0.467. The Labute approximate surface area is 124 Å². The Morgan fingerprint density at radius 2 is 2.14 bits per heavy atom. The van der Waals surface area contributed by atoms with E-state index in [9.17, 15) is 0 Å². The van der Waals surface area contributed by atoms with Gasteiger partial charge in [-0.05, 0) is 30.9 Å². The van der Waals surface area contributed by atoms with Crippen LogP contribution in [0.1, 0.15) is 12.8 Å². The molecule has 6 heteroatoms. The van der Waals surface area contributed by atoms with E-state index in [4.69, 9.17) is 10.6 Å². The van der Waals surface area contributed by atoms with Crippen molar-refractivity contribution in [3.8, 4) is 0 Å². The lowest BCUT2D eigenvalue weighted by molar-refractivity contribution is 0.131. The van der Waals surface area contributed by atoms with Crippen LogP contribution in [0, 0.1) is 5.92 Å².